The summed E-state index contributed by atoms with van der Waals surface area (Å²) in [6.45, 7) is 2.24. The van der Waals surface area contributed by atoms with Crippen LogP contribution in [0.5, 0.6) is 0 Å². The SMILES string of the molecule is CN(CCc1ccc(F)cc1)C(=O)C(C)(N)c1ccc(Br)cc1.Cl. The zero-order chi connectivity index (χ0) is 17.0. The maximum Gasteiger partial charge on any atom is 0.246 e. The van der Waals surface area contributed by atoms with Gasteiger partial charge >= 0.3 is 0 Å². The molecule has 0 saturated heterocycles. The molecule has 130 valence electrons. The molecule has 1 atom stereocenters. The molecule has 3 nitrogen and oxygen atoms in total. The third-order valence-corrected chi connectivity index (χ3v) is 4.41. The molecule has 1 amide bonds. The molecule has 1 unspecified atom stereocenters. The van der Waals surface area contributed by atoms with E-state index in [0.717, 1.165) is 15.6 Å². The molecule has 2 aromatic rings. The molecule has 0 spiro atoms. The summed E-state index contributed by atoms with van der Waals surface area (Å²) in [5.41, 5.74) is 6.92. The Kier molecular flexibility index (Phi) is 7.39. The predicted octanol–water partition coefficient (Wildman–Crippen LogP) is 3.89. The van der Waals surface area contributed by atoms with Gasteiger partial charge in [0.25, 0.3) is 0 Å². The van der Waals surface area contributed by atoms with Crippen LogP contribution >= 0.6 is 28.3 Å². The Labute approximate surface area is 156 Å². The minimum absolute atomic E-state index is 0. The van der Waals surface area contributed by atoms with Crippen LogP contribution in [0.15, 0.2) is 53.0 Å². The second-order valence-electron chi connectivity index (χ2n) is 5.81. The van der Waals surface area contributed by atoms with E-state index < -0.39 is 5.54 Å². The van der Waals surface area contributed by atoms with Crippen LogP contribution in [0.4, 0.5) is 4.39 Å². The largest absolute Gasteiger partial charge is 0.344 e. The number of nitrogens with zero attached hydrogens (tertiary/aromatic N) is 1. The Morgan fingerprint density at radius 3 is 2.25 bits per heavy atom. The molecule has 2 N–H and O–H groups in total. The van der Waals surface area contributed by atoms with Crippen molar-refractivity contribution < 1.29 is 9.18 Å². The first-order valence-electron chi connectivity index (χ1n) is 7.35. The number of carbonyl (C=O) groups is 1. The van der Waals surface area contributed by atoms with Crippen LogP contribution in [0.2, 0.25) is 0 Å². The molecule has 2 aromatic carbocycles. The molecule has 0 saturated carbocycles. The van der Waals surface area contributed by atoms with Gasteiger partial charge in [0.15, 0.2) is 0 Å². The van der Waals surface area contributed by atoms with Gasteiger partial charge in [0.1, 0.15) is 11.4 Å². The average molecular weight is 416 g/mol. The van der Waals surface area contributed by atoms with Gasteiger partial charge in [-0.1, -0.05) is 40.2 Å². The second-order valence-corrected chi connectivity index (χ2v) is 6.73. The van der Waals surface area contributed by atoms with Gasteiger partial charge in [-0.25, -0.2) is 4.39 Å². The first kappa shape index (κ1) is 20.6. The van der Waals surface area contributed by atoms with E-state index in [2.05, 4.69) is 15.9 Å². The molecule has 0 aliphatic heterocycles. The molecule has 0 radical (unpaired) electrons. The van der Waals surface area contributed by atoms with Crippen molar-refractivity contribution in [3.05, 3.63) is 69.9 Å². The third kappa shape index (κ3) is 5.03. The Hall–Kier alpha value is -1.43. The quantitative estimate of drug-likeness (QED) is 0.805. The smallest absolute Gasteiger partial charge is 0.246 e. The van der Waals surface area contributed by atoms with E-state index in [1.54, 1.807) is 31.0 Å². The zero-order valence-electron chi connectivity index (χ0n) is 13.6. The topological polar surface area (TPSA) is 46.3 Å². The number of benzene rings is 2. The predicted molar refractivity (Wildman–Crippen MR) is 101 cm³/mol. The van der Waals surface area contributed by atoms with Gasteiger partial charge in [0.05, 0.1) is 0 Å². The first-order valence-corrected chi connectivity index (χ1v) is 8.15. The first-order chi connectivity index (χ1) is 10.8. The van der Waals surface area contributed by atoms with Crippen LogP contribution in [0.1, 0.15) is 18.1 Å². The van der Waals surface area contributed by atoms with E-state index in [1.165, 1.54) is 12.1 Å². The monoisotopic (exact) mass is 414 g/mol. The van der Waals surface area contributed by atoms with Gasteiger partial charge in [0.2, 0.25) is 5.91 Å². The van der Waals surface area contributed by atoms with Gasteiger partial charge in [-0.3, -0.25) is 4.79 Å². The van der Waals surface area contributed by atoms with Crippen molar-refractivity contribution in [1.29, 1.82) is 0 Å². The maximum atomic E-state index is 12.9. The third-order valence-electron chi connectivity index (χ3n) is 3.88. The lowest BCUT2D eigenvalue weighted by molar-refractivity contribution is -0.135. The summed E-state index contributed by atoms with van der Waals surface area (Å²) in [5, 5.41) is 0. The molecule has 0 heterocycles. The lowest BCUT2D eigenvalue weighted by Crippen LogP contribution is -2.50. The van der Waals surface area contributed by atoms with Crippen molar-refractivity contribution in [2.24, 2.45) is 5.73 Å². The fourth-order valence-corrected chi connectivity index (χ4v) is 2.63. The van der Waals surface area contributed by atoms with Crippen LogP contribution in [0, 0.1) is 5.82 Å². The molecule has 0 aromatic heterocycles. The van der Waals surface area contributed by atoms with E-state index in [4.69, 9.17) is 5.73 Å². The Bertz CT molecular complexity index is 674. The number of carbonyl (C=O) groups excluding carboxylic acids is 1. The summed E-state index contributed by atoms with van der Waals surface area (Å²) in [4.78, 5) is 14.3. The van der Waals surface area contributed by atoms with E-state index in [-0.39, 0.29) is 24.1 Å². The van der Waals surface area contributed by atoms with Gasteiger partial charge in [0, 0.05) is 18.1 Å². The fraction of sp³-hybridized carbons (Fsp3) is 0.278. The van der Waals surface area contributed by atoms with E-state index in [1.807, 2.05) is 24.3 Å². The van der Waals surface area contributed by atoms with E-state index in [9.17, 15) is 9.18 Å². The normalized spacial score (nSPS) is 12.9. The summed E-state index contributed by atoms with van der Waals surface area (Å²) in [5.74, 6) is -0.412. The van der Waals surface area contributed by atoms with Gasteiger partial charge in [-0.2, -0.15) is 0 Å². The van der Waals surface area contributed by atoms with E-state index in [0.29, 0.717) is 13.0 Å². The van der Waals surface area contributed by atoms with Gasteiger partial charge in [-0.05, 0) is 48.7 Å². The van der Waals surface area contributed by atoms with E-state index >= 15 is 0 Å². The molecule has 2 rings (SSSR count). The molecule has 0 aliphatic rings. The second kappa shape index (κ2) is 8.60. The number of halogens is 3. The maximum absolute atomic E-state index is 12.9. The fourth-order valence-electron chi connectivity index (χ4n) is 2.37. The van der Waals surface area contributed by atoms with Crippen LogP contribution in [-0.2, 0) is 16.8 Å². The zero-order valence-corrected chi connectivity index (χ0v) is 16.0. The van der Waals surface area contributed by atoms with Crippen molar-refractivity contribution in [3.8, 4) is 0 Å². The summed E-state index contributed by atoms with van der Waals surface area (Å²) in [6.07, 6.45) is 0.652. The summed E-state index contributed by atoms with van der Waals surface area (Å²) < 4.78 is 13.8. The minimum atomic E-state index is -1.09. The molecule has 0 bridgehead atoms. The van der Waals surface area contributed by atoms with Crippen molar-refractivity contribution in [2.75, 3.05) is 13.6 Å². The number of hydrogen-bond acceptors (Lipinski definition) is 2. The molecule has 24 heavy (non-hydrogen) atoms. The Morgan fingerprint density at radius 1 is 1.17 bits per heavy atom. The molecular weight excluding hydrogens is 395 g/mol. The van der Waals surface area contributed by atoms with Crippen molar-refractivity contribution in [3.63, 3.8) is 0 Å². The standard InChI is InChI=1S/C18H20BrFN2O.ClH/c1-18(21,14-5-7-15(19)8-6-14)17(23)22(2)12-11-13-3-9-16(20)10-4-13;/h3-10H,11-12,21H2,1-2H3;1H. The number of hydrogen-bond donors (Lipinski definition) is 1. The Balaban J connectivity index is 0.00000288. The van der Waals surface area contributed by atoms with Crippen molar-refractivity contribution >= 4 is 34.2 Å². The summed E-state index contributed by atoms with van der Waals surface area (Å²) in [7, 11) is 1.73. The molecule has 0 aliphatic carbocycles. The van der Waals surface area contributed by atoms with Crippen LogP contribution in [0.25, 0.3) is 0 Å². The lowest BCUT2D eigenvalue weighted by Gasteiger charge is -2.29. The van der Waals surface area contributed by atoms with Gasteiger partial charge < -0.3 is 10.6 Å². The Morgan fingerprint density at radius 2 is 1.71 bits per heavy atom. The average Bonchev–Trinajstić information content (AvgIpc) is 2.53. The molecular formula is C18H21BrClFN2O. The van der Waals surface area contributed by atoms with Crippen LogP contribution in [0.3, 0.4) is 0 Å². The number of likely N-dealkylation sites (N-methyl/N-ethyl adjacent to an activating group) is 1. The highest BCUT2D eigenvalue weighted by atomic mass is 79.9. The lowest BCUT2D eigenvalue weighted by atomic mass is 9.91. The highest BCUT2D eigenvalue weighted by molar-refractivity contribution is 9.10. The molecule has 6 heteroatoms. The highest BCUT2D eigenvalue weighted by Crippen LogP contribution is 2.22. The number of amides is 1. The molecule has 0 fully saturated rings. The number of nitrogens with two attached hydrogens (primary N) is 1. The highest BCUT2D eigenvalue weighted by Gasteiger charge is 2.32. The number of rotatable bonds is 5. The minimum Gasteiger partial charge on any atom is -0.344 e. The van der Waals surface area contributed by atoms with Crippen LogP contribution < -0.4 is 5.73 Å². The van der Waals surface area contributed by atoms with Crippen LogP contribution in [-0.4, -0.2) is 24.4 Å². The summed E-state index contributed by atoms with van der Waals surface area (Å²) >= 11 is 3.37. The van der Waals surface area contributed by atoms with Crippen molar-refractivity contribution in [2.45, 2.75) is 18.9 Å². The van der Waals surface area contributed by atoms with Crippen molar-refractivity contribution in [1.82, 2.24) is 4.90 Å². The summed E-state index contributed by atoms with van der Waals surface area (Å²) in [6, 6.07) is 13.7. The van der Waals surface area contributed by atoms with Gasteiger partial charge in [-0.15, -0.1) is 12.4 Å².